The van der Waals surface area contributed by atoms with Crippen LogP contribution < -0.4 is 5.32 Å². The lowest BCUT2D eigenvalue weighted by Gasteiger charge is -2.19. The van der Waals surface area contributed by atoms with Crippen LogP contribution in [0, 0.1) is 0 Å². The van der Waals surface area contributed by atoms with Gasteiger partial charge in [0.1, 0.15) is 36.6 Å². The summed E-state index contributed by atoms with van der Waals surface area (Å²) in [6, 6.07) is 6.31. The summed E-state index contributed by atoms with van der Waals surface area (Å²) in [5, 5.41) is 62.7. The molecule has 2 aromatic carbocycles. The number of aliphatic hydroxyl groups excluding tert-OH is 6. The van der Waals surface area contributed by atoms with Crippen molar-refractivity contribution in [2.45, 2.75) is 49.1 Å². The highest BCUT2D eigenvalue weighted by atomic mass is 35.5. The Bertz CT molecular complexity index is 1640. The van der Waals surface area contributed by atoms with Gasteiger partial charge in [0.2, 0.25) is 11.2 Å². The van der Waals surface area contributed by atoms with Crippen LogP contribution in [-0.4, -0.2) is 107 Å². The molecule has 13 nitrogen and oxygen atoms in total. The first-order chi connectivity index (χ1) is 20.4. The van der Waals surface area contributed by atoms with Crippen molar-refractivity contribution in [3.8, 4) is 0 Å². The van der Waals surface area contributed by atoms with Gasteiger partial charge in [0.15, 0.2) is 12.5 Å². The lowest BCUT2D eigenvalue weighted by molar-refractivity contribution is -0.0507. The van der Waals surface area contributed by atoms with E-state index in [1.165, 1.54) is 4.57 Å². The van der Waals surface area contributed by atoms with E-state index in [4.69, 9.17) is 72.6 Å². The van der Waals surface area contributed by atoms with Crippen LogP contribution in [0.1, 0.15) is 12.5 Å². The topological polar surface area (TPSA) is 188 Å². The molecule has 7 N–H and O–H groups in total. The Hall–Kier alpha value is -1.69. The summed E-state index contributed by atoms with van der Waals surface area (Å²) >= 11 is 30.1. The molecular formula is C25H26Cl5N5O8. The zero-order valence-electron chi connectivity index (χ0n) is 22.0. The molecule has 4 heterocycles. The molecule has 2 unspecified atom stereocenters. The van der Waals surface area contributed by atoms with Gasteiger partial charge in [-0.05, 0) is 35.9 Å². The molecule has 6 rings (SSSR count). The van der Waals surface area contributed by atoms with Crippen LogP contribution in [0.15, 0.2) is 24.3 Å². The molecule has 4 aromatic rings. The van der Waals surface area contributed by atoms with Gasteiger partial charge in [0, 0.05) is 7.05 Å². The molecule has 0 amide bonds. The number of nitrogens with one attached hydrogen (secondary N) is 1. The van der Waals surface area contributed by atoms with Crippen molar-refractivity contribution in [2.75, 3.05) is 25.6 Å². The molecule has 2 aromatic heterocycles. The largest absolute Gasteiger partial charge is 0.394 e. The molecule has 0 spiro atoms. The Labute approximate surface area is 268 Å². The summed E-state index contributed by atoms with van der Waals surface area (Å²) < 4.78 is 14.0. The summed E-state index contributed by atoms with van der Waals surface area (Å²) in [6.45, 7) is -0.825. The van der Waals surface area contributed by atoms with E-state index >= 15 is 0 Å². The molecule has 8 atom stereocenters. The van der Waals surface area contributed by atoms with Crippen LogP contribution in [0.3, 0.4) is 0 Å². The SMILES string of the molecule is CNc1nc2cc(Cl)c(Cl)cc2n1[C@@H]1O[C@@H](CO)C(O)[C@@H]1O.OC[C@@H]1O[C@@H](n2c(Cl)nc3cc(Cl)c(Cl)cc32)[C@@H](O)C1O. The number of aliphatic hydroxyl groups is 6. The van der Waals surface area contributed by atoms with Crippen molar-refractivity contribution in [3.63, 3.8) is 0 Å². The first-order valence-electron chi connectivity index (χ1n) is 12.7. The molecular weight excluding hydrogens is 676 g/mol. The van der Waals surface area contributed by atoms with E-state index in [0.29, 0.717) is 48.1 Å². The quantitative estimate of drug-likeness (QED) is 0.162. The van der Waals surface area contributed by atoms with E-state index in [1.54, 1.807) is 35.9 Å². The number of ether oxygens (including phenoxy) is 2. The maximum Gasteiger partial charge on any atom is 0.206 e. The highest BCUT2D eigenvalue weighted by Crippen LogP contribution is 2.38. The Kier molecular flexibility index (Phi) is 9.86. The van der Waals surface area contributed by atoms with Gasteiger partial charge in [-0.3, -0.25) is 9.13 Å². The third kappa shape index (κ3) is 5.88. The summed E-state index contributed by atoms with van der Waals surface area (Å²) in [5.41, 5.74) is 2.14. The summed E-state index contributed by atoms with van der Waals surface area (Å²) in [4.78, 5) is 8.48. The number of halogens is 5. The second kappa shape index (κ2) is 13.0. The van der Waals surface area contributed by atoms with Crippen molar-refractivity contribution < 1.29 is 40.1 Å². The smallest absolute Gasteiger partial charge is 0.206 e. The van der Waals surface area contributed by atoms with Crippen LogP contribution in [0.4, 0.5) is 5.95 Å². The summed E-state index contributed by atoms with van der Waals surface area (Å²) in [7, 11) is 1.67. The number of nitrogens with zero attached hydrogens (tertiary/aromatic N) is 4. The summed E-state index contributed by atoms with van der Waals surface area (Å²) in [5.74, 6) is 0.420. The lowest BCUT2D eigenvalue weighted by atomic mass is 10.1. The van der Waals surface area contributed by atoms with Gasteiger partial charge in [-0.15, -0.1) is 0 Å². The normalized spacial score (nSPS) is 28.9. The maximum atomic E-state index is 10.2. The monoisotopic (exact) mass is 699 g/mol. The molecule has 2 fully saturated rings. The van der Waals surface area contributed by atoms with Gasteiger partial charge < -0.3 is 45.4 Å². The zero-order chi connectivity index (χ0) is 31.3. The molecule has 2 aliphatic rings. The zero-order valence-corrected chi connectivity index (χ0v) is 25.8. The average molecular weight is 702 g/mol. The fraction of sp³-hybridized carbons (Fsp3) is 0.440. The first kappa shape index (κ1) is 32.7. The van der Waals surface area contributed by atoms with Gasteiger partial charge in [0.25, 0.3) is 0 Å². The predicted octanol–water partition coefficient (Wildman–Crippen LogP) is 2.60. The van der Waals surface area contributed by atoms with Gasteiger partial charge in [-0.25, -0.2) is 9.97 Å². The Morgan fingerprint density at radius 3 is 1.53 bits per heavy atom. The van der Waals surface area contributed by atoms with Crippen LogP contribution in [0.2, 0.25) is 25.4 Å². The Balaban J connectivity index is 0.000000171. The van der Waals surface area contributed by atoms with Crippen molar-refractivity contribution in [2.24, 2.45) is 0 Å². The van der Waals surface area contributed by atoms with E-state index in [-0.39, 0.29) is 5.28 Å². The third-order valence-electron chi connectivity index (χ3n) is 7.19. The second-order valence-corrected chi connectivity index (χ2v) is 11.7. The number of aromatic nitrogens is 4. The van der Waals surface area contributed by atoms with E-state index in [2.05, 4.69) is 15.3 Å². The van der Waals surface area contributed by atoms with E-state index in [0.717, 1.165) is 0 Å². The van der Waals surface area contributed by atoms with Crippen LogP contribution in [-0.2, 0) is 9.47 Å². The van der Waals surface area contributed by atoms with Gasteiger partial charge in [-0.2, -0.15) is 0 Å². The molecule has 18 heteroatoms. The number of rotatable bonds is 5. The van der Waals surface area contributed by atoms with Gasteiger partial charge in [-0.1, -0.05) is 46.4 Å². The van der Waals surface area contributed by atoms with Gasteiger partial charge in [0.05, 0.1) is 55.4 Å². The third-order valence-corrected chi connectivity index (χ3v) is 8.90. The molecule has 0 bridgehead atoms. The van der Waals surface area contributed by atoms with Crippen molar-refractivity contribution in [1.82, 2.24) is 19.1 Å². The van der Waals surface area contributed by atoms with Crippen LogP contribution in [0.5, 0.6) is 0 Å². The standard InChI is InChI=1S/C13H15Cl2N3O4.C12H11Cl3N2O4/c1-16-13-17-7-2-5(14)6(15)3-8(7)18(13)12-11(21)10(20)9(4-19)22-12;13-4-1-6-7(2-5(4)14)17(12(15)16-6)11-10(20)9(19)8(3-18)21-11/h2-3,9-12,19-21H,4H2,1H3,(H,16,17);1-2,8-11,18-20H,3H2/t9-,10?,11-,12+;8-,9?,10-,11+/m00/s1. The molecule has 0 radical (unpaired) electrons. The van der Waals surface area contributed by atoms with Crippen LogP contribution >= 0.6 is 58.0 Å². The van der Waals surface area contributed by atoms with E-state index < -0.39 is 62.3 Å². The summed E-state index contributed by atoms with van der Waals surface area (Å²) in [6.07, 6.45) is -8.55. The minimum Gasteiger partial charge on any atom is -0.394 e. The minimum atomic E-state index is -1.26. The van der Waals surface area contributed by atoms with Crippen molar-refractivity contribution in [1.29, 1.82) is 0 Å². The Morgan fingerprint density at radius 2 is 1.09 bits per heavy atom. The first-order valence-corrected chi connectivity index (χ1v) is 14.6. The molecule has 234 valence electrons. The maximum absolute atomic E-state index is 10.2. The molecule has 0 saturated carbocycles. The van der Waals surface area contributed by atoms with E-state index in [1.807, 2.05) is 0 Å². The number of imidazole rings is 2. The number of hydrogen-bond donors (Lipinski definition) is 7. The highest BCUT2D eigenvalue weighted by molar-refractivity contribution is 6.43. The van der Waals surface area contributed by atoms with E-state index in [9.17, 15) is 25.5 Å². The molecule has 43 heavy (non-hydrogen) atoms. The molecule has 0 aliphatic carbocycles. The number of hydrogen-bond acceptors (Lipinski definition) is 11. The van der Waals surface area contributed by atoms with Crippen molar-refractivity contribution in [3.05, 3.63) is 49.6 Å². The minimum absolute atomic E-state index is 0.0539. The Morgan fingerprint density at radius 1 is 0.674 bits per heavy atom. The number of anilines is 1. The second-order valence-electron chi connectivity index (χ2n) is 9.77. The molecule has 2 aliphatic heterocycles. The lowest BCUT2D eigenvalue weighted by Crippen LogP contribution is -2.33. The number of benzene rings is 2. The fourth-order valence-electron chi connectivity index (χ4n) is 5.01. The van der Waals surface area contributed by atoms with Crippen molar-refractivity contribution >= 4 is 86.0 Å². The fourth-order valence-corrected chi connectivity index (χ4v) is 5.92. The average Bonchev–Trinajstić information content (AvgIpc) is 3.66. The highest BCUT2D eigenvalue weighted by Gasteiger charge is 2.45. The molecule has 2 saturated heterocycles. The van der Waals surface area contributed by atoms with Crippen LogP contribution in [0.25, 0.3) is 22.1 Å². The number of fused-ring (bicyclic) bond motifs is 2. The van der Waals surface area contributed by atoms with Gasteiger partial charge >= 0.3 is 0 Å². The predicted molar refractivity (Wildman–Crippen MR) is 160 cm³/mol.